The Morgan fingerprint density at radius 1 is 1.20 bits per heavy atom. The molecule has 1 aliphatic carbocycles. The number of anilines is 2. The first-order valence-corrected chi connectivity index (χ1v) is 7.73. The van der Waals surface area contributed by atoms with E-state index in [0.717, 1.165) is 30.0 Å². The molecule has 4 heteroatoms. The van der Waals surface area contributed by atoms with E-state index in [1.165, 1.54) is 25.7 Å². The van der Waals surface area contributed by atoms with Gasteiger partial charge in [0.25, 0.3) is 0 Å². The zero-order chi connectivity index (χ0) is 14.8. The number of rotatable bonds is 3. The van der Waals surface area contributed by atoms with E-state index in [2.05, 4.69) is 43.0 Å². The van der Waals surface area contributed by atoms with Crippen LogP contribution in [0, 0.1) is 11.8 Å². The number of aromatic nitrogens is 2. The van der Waals surface area contributed by atoms with Gasteiger partial charge in [-0.15, -0.1) is 0 Å². The van der Waals surface area contributed by atoms with Crippen LogP contribution in [0.1, 0.15) is 59.2 Å². The summed E-state index contributed by atoms with van der Waals surface area (Å²) in [6.07, 6.45) is 5.35. The number of hydrogen-bond donors (Lipinski definition) is 2. The summed E-state index contributed by atoms with van der Waals surface area (Å²) in [4.78, 5) is 8.94. The van der Waals surface area contributed by atoms with Crippen LogP contribution in [0.5, 0.6) is 0 Å². The Labute approximate surface area is 122 Å². The van der Waals surface area contributed by atoms with Gasteiger partial charge in [0.15, 0.2) is 0 Å². The third-order valence-corrected chi connectivity index (χ3v) is 4.12. The van der Waals surface area contributed by atoms with Crippen LogP contribution in [-0.4, -0.2) is 16.5 Å². The Morgan fingerprint density at radius 3 is 2.45 bits per heavy atom. The molecule has 1 heterocycles. The molecule has 0 unspecified atom stereocenters. The highest BCUT2D eigenvalue weighted by molar-refractivity contribution is 5.45. The van der Waals surface area contributed by atoms with E-state index < -0.39 is 0 Å². The second-order valence-electron chi connectivity index (χ2n) is 7.26. The topological polar surface area (TPSA) is 63.8 Å². The molecular formula is C16H28N4. The standard InChI is InChI=1S/C16H28N4/c1-11-5-7-12(8-6-11)10-18-14-9-13(17)19-15(20-14)16(2,3)4/h9,11-12H,5-8,10H2,1-4H3,(H3,17,18,19,20). The van der Waals surface area contributed by atoms with Gasteiger partial charge in [-0.05, 0) is 24.7 Å². The Balaban J connectivity index is 1.97. The lowest BCUT2D eigenvalue weighted by Gasteiger charge is -2.26. The molecule has 0 radical (unpaired) electrons. The van der Waals surface area contributed by atoms with Crippen LogP contribution >= 0.6 is 0 Å². The minimum atomic E-state index is -0.0773. The number of hydrogen-bond acceptors (Lipinski definition) is 4. The summed E-state index contributed by atoms with van der Waals surface area (Å²) in [5.74, 6) is 3.87. The number of nitrogen functional groups attached to an aromatic ring is 1. The highest BCUT2D eigenvalue weighted by Crippen LogP contribution is 2.28. The fourth-order valence-electron chi connectivity index (χ4n) is 2.67. The molecule has 1 aromatic heterocycles. The highest BCUT2D eigenvalue weighted by atomic mass is 15.1. The largest absolute Gasteiger partial charge is 0.384 e. The predicted octanol–water partition coefficient (Wildman–Crippen LogP) is 3.59. The van der Waals surface area contributed by atoms with Crippen LogP contribution in [0.15, 0.2) is 6.07 Å². The number of nitrogens with zero attached hydrogens (tertiary/aromatic N) is 2. The summed E-state index contributed by atoms with van der Waals surface area (Å²) in [6, 6.07) is 1.83. The molecule has 20 heavy (non-hydrogen) atoms. The van der Waals surface area contributed by atoms with Crippen LogP contribution in [0.3, 0.4) is 0 Å². The van der Waals surface area contributed by atoms with Gasteiger partial charge in [-0.3, -0.25) is 0 Å². The second kappa shape index (κ2) is 5.98. The van der Waals surface area contributed by atoms with E-state index in [1.807, 2.05) is 6.07 Å². The maximum absolute atomic E-state index is 5.89. The summed E-state index contributed by atoms with van der Waals surface area (Å²) < 4.78 is 0. The molecule has 112 valence electrons. The highest BCUT2D eigenvalue weighted by Gasteiger charge is 2.20. The van der Waals surface area contributed by atoms with Gasteiger partial charge in [0.05, 0.1) is 0 Å². The lowest BCUT2D eigenvalue weighted by molar-refractivity contribution is 0.300. The van der Waals surface area contributed by atoms with E-state index in [9.17, 15) is 0 Å². The normalized spacial score (nSPS) is 23.6. The molecule has 2 rings (SSSR count). The average Bonchev–Trinajstić information content (AvgIpc) is 2.36. The molecule has 1 aromatic rings. The van der Waals surface area contributed by atoms with Crippen molar-refractivity contribution < 1.29 is 0 Å². The molecule has 1 saturated carbocycles. The molecule has 0 spiro atoms. The summed E-state index contributed by atoms with van der Waals surface area (Å²) in [6.45, 7) is 9.66. The summed E-state index contributed by atoms with van der Waals surface area (Å²) >= 11 is 0. The lowest BCUT2D eigenvalue weighted by atomic mass is 9.83. The molecule has 1 fully saturated rings. The van der Waals surface area contributed by atoms with Gasteiger partial charge in [0.2, 0.25) is 0 Å². The first-order valence-electron chi connectivity index (χ1n) is 7.73. The summed E-state index contributed by atoms with van der Waals surface area (Å²) in [5, 5.41) is 3.45. The molecular weight excluding hydrogens is 248 g/mol. The van der Waals surface area contributed by atoms with Crippen LogP contribution in [0.25, 0.3) is 0 Å². The van der Waals surface area contributed by atoms with Gasteiger partial charge < -0.3 is 11.1 Å². The molecule has 0 amide bonds. The van der Waals surface area contributed by atoms with Crippen molar-refractivity contribution in [3.05, 3.63) is 11.9 Å². The molecule has 0 bridgehead atoms. The van der Waals surface area contributed by atoms with Crippen molar-refractivity contribution in [3.8, 4) is 0 Å². The summed E-state index contributed by atoms with van der Waals surface area (Å²) in [7, 11) is 0. The van der Waals surface area contributed by atoms with Crippen LogP contribution in [-0.2, 0) is 5.41 Å². The van der Waals surface area contributed by atoms with E-state index in [-0.39, 0.29) is 5.41 Å². The monoisotopic (exact) mass is 276 g/mol. The molecule has 0 saturated heterocycles. The zero-order valence-electron chi connectivity index (χ0n) is 13.2. The molecule has 3 N–H and O–H groups in total. The van der Waals surface area contributed by atoms with Crippen LogP contribution < -0.4 is 11.1 Å². The van der Waals surface area contributed by atoms with Gasteiger partial charge in [-0.25, -0.2) is 9.97 Å². The first kappa shape index (κ1) is 15.1. The Kier molecular flexibility index (Phi) is 4.51. The van der Waals surface area contributed by atoms with Crippen molar-refractivity contribution in [2.45, 2.75) is 58.8 Å². The Hall–Kier alpha value is -1.32. The SMILES string of the molecule is CC1CCC(CNc2cc(N)nc(C(C)(C)C)n2)CC1. The van der Waals surface area contributed by atoms with Crippen molar-refractivity contribution in [1.29, 1.82) is 0 Å². The molecule has 0 atom stereocenters. The number of nitrogens with two attached hydrogens (primary N) is 1. The molecule has 0 aliphatic heterocycles. The zero-order valence-corrected chi connectivity index (χ0v) is 13.2. The quantitative estimate of drug-likeness (QED) is 0.885. The van der Waals surface area contributed by atoms with E-state index in [1.54, 1.807) is 0 Å². The fraction of sp³-hybridized carbons (Fsp3) is 0.750. The van der Waals surface area contributed by atoms with Gasteiger partial charge in [0.1, 0.15) is 17.5 Å². The Morgan fingerprint density at radius 2 is 1.85 bits per heavy atom. The van der Waals surface area contributed by atoms with Crippen molar-refractivity contribution >= 4 is 11.6 Å². The maximum Gasteiger partial charge on any atom is 0.138 e. The van der Waals surface area contributed by atoms with Crippen molar-refractivity contribution in [1.82, 2.24) is 9.97 Å². The first-order chi connectivity index (χ1) is 9.34. The third-order valence-electron chi connectivity index (χ3n) is 4.12. The van der Waals surface area contributed by atoms with Crippen LogP contribution in [0.4, 0.5) is 11.6 Å². The minimum Gasteiger partial charge on any atom is -0.384 e. The molecule has 0 aromatic carbocycles. The van der Waals surface area contributed by atoms with Crippen molar-refractivity contribution in [3.63, 3.8) is 0 Å². The third kappa shape index (κ3) is 4.09. The summed E-state index contributed by atoms with van der Waals surface area (Å²) in [5.41, 5.74) is 5.81. The van der Waals surface area contributed by atoms with E-state index in [0.29, 0.717) is 5.82 Å². The van der Waals surface area contributed by atoms with E-state index >= 15 is 0 Å². The van der Waals surface area contributed by atoms with Crippen LogP contribution in [0.2, 0.25) is 0 Å². The molecule has 1 aliphatic rings. The van der Waals surface area contributed by atoms with Gasteiger partial charge in [-0.1, -0.05) is 40.5 Å². The molecule has 4 nitrogen and oxygen atoms in total. The number of nitrogens with one attached hydrogen (secondary N) is 1. The van der Waals surface area contributed by atoms with Gasteiger partial charge in [0, 0.05) is 18.0 Å². The average molecular weight is 276 g/mol. The van der Waals surface area contributed by atoms with E-state index in [4.69, 9.17) is 5.73 Å². The maximum atomic E-state index is 5.89. The minimum absolute atomic E-state index is 0.0773. The lowest BCUT2D eigenvalue weighted by Crippen LogP contribution is -2.22. The smallest absolute Gasteiger partial charge is 0.138 e. The Bertz CT molecular complexity index is 442. The fourth-order valence-corrected chi connectivity index (χ4v) is 2.67. The van der Waals surface area contributed by atoms with Gasteiger partial charge in [-0.2, -0.15) is 0 Å². The predicted molar refractivity (Wildman–Crippen MR) is 84.8 cm³/mol. The van der Waals surface area contributed by atoms with Crippen molar-refractivity contribution in [2.24, 2.45) is 11.8 Å². The van der Waals surface area contributed by atoms with Crippen molar-refractivity contribution in [2.75, 3.05) is 17.6 Å². The second-order valence-corrected chi connectivity index (χ2v) is 7.26. The van der Waals surface area contributed by atoms with Gasteiger partial charge >= 0.3 is 0 Å².